The largest absolute Gasteiger partial charge is 0.455 e. The molecule has 0 bridgehead atoms. The summed E-state index contributed by atoms with van der Waals surface area (Å²) in [6, 6.07) is 9.31. The van der Waals surface area contributed by atoms with Crippen LogP contribution in [-0.2, 0) is 6.54 Å². The van der Waals surface area contributed by atoms with E-state index in [1.54, 1.807) is 18.2 Å². The fourth-order valence-corrected chi connectivity index (χ4v) is 2.12. The molecule has 0 aliphatic carbocycles. The molecule has 7 heteroatoms. The maximum absolute atomic E-state index is 10.7. The van der Waals surface area contributed by atoms with Crippen molar-refractivity contribution in [1.82, 2.24) is 0 Å². The maximum atomic E-state index is 10.7. The van der Waals surface area contributed by atoms with Crippen LogP contribution in [0.4, 0.5) is 5.69 Å². The van der Waals surface area contributed by atoms with E-state index in [4.69, 9.17) is 33.7 Å². The zero-order valence-electron chi connectivity index (χ0n) is 10.2. The molecule has 20 heavy (non-hydrogen) atoms. The quantitative estimate of drug-likeness (QED) is 0.679. The summed E-state index contributed by atoms with van der Waals surface area (Å²) in [5.74, 6) is 0.769. The van der Waals surface area contributed by atoms with Crippen LogP contribution < -0.4 is 10.5 Å². The number of nitro groups is 1. The average Bonchev–Trinajstić information content (AvgIpc) is 2.40. The number of nitrogens with two attached hydrogens (primary N) is 1. The van der Waals surface area contributed by atoms with E-state index in [0.29, 0.717) is 16.5 Å². The molecule has 0 aromatic heterocycles. The monoisotopic (exact) mass is 312 g/mol. The Hall–Kier alpha value is -1.82. The summed E-state index contributed by atoms with van der Waals surface area (Å²) in [6.45, 7) is 0.261. The lowest BCUT2D eigenvalue weighted by molar-refractivity contribution is -0.384. The smallest absolute Gasteiger partial charge is 0.288 e. The number of ether oxygens (including phenoxy) is 1. The van der Waals surface area contributed by atoms with Crippen LogP contribution in [0, 0.1) is 10.1 Å². The molecular weight excluding hydrogens is 303 g/mol. The SMILES string of the molecule is NCc1cccc(Cl)c1Oc1ccc([N+](=O)[O-])c(Cl)c1. The standard InChI is InChI=1S/C13H10Cl2N2O3/c14-10-3-1-2-8(7-16)13(10)20-9-4-5-12(17(18)19)11(15)6-9/h1-6H,7,16H2. The molecule has 2 N–H and O–H groups in total. The Kier molecular flexibility index (Phi) is 4.44. The minimum Gasteiger partial charge on any atom is -0.455 e. The van der Waals surface area contributed by atoms with Crippen molar-refractivity contribution in [3.63, 3.8) is 0 Å². The molecule has 0 heterocycles. The minimum absolute atomic E-state index is 0.00569. The first-order valence-corrected chi connectivity index (χ1v) is 6.37. The highest BCUT2D eigenvalue weighted by molar-refractivity contribution is 6.33. The van der Waals surface area contributed by atoms with E-state index in [1.165, 1.54) is 18.2 Å². The van der Waals surface area contributed by atoms with Crippen LogP contribution in [0.25, 0.3) is 0 Å². The Morgan fingerprint density at radius 2 is 1.95 bits per heavy atom. The summed E-state index contributed by atoms with van der Waals surface area (Å²) in [6.07, 6.45) is 0. The molecule has 2 aromatic carbocycles. The van der Waals surface area contributed by atoms with Crippen molar-refractivity contribution >= 4 is 28.9 Å². The number of hydrogen-bond acceptors (Lipinski definition) is 4. The lowest BCUT2D eigenvalue weighted by Gasteiger charge is -2.11. The fourth-order valence-electron chi connectivity index (χ4n) is 1.65. The van der Waals surface area contributed by atoms with Gasteiger partial charge in [0.05, 0.1) is 9.95 Å². The summed E-state index contributed by atoms with van der Waals surface area (Å²) in [5.41, 5.74) is 6.16. The van der Waals surface area contributed by atoms with E-state index in [0.717, 1.165) is 5.56 Å². The van der Waals surface area contributed by atoms with Crippen LogP contribution in [-0.4, -0.2) is 4.92 Å². The van der Waals surface area contributed by atoms with Crippen molar-refractivity contribution in [3.8, 4) is 11.5 Å². The van der Waals surface area contributed by atoms with Gasteiger partial charge in [-0.05, 0) is 12.1 Å². The summed E-state index contributed by atoms with van der Waals surface area (Å²) in [4.78, 5) is 10.1. The van der Waals surface area contributed by atoms with E-state index < -0.39 is 4.92 Å². The molecule has 0 atom stereocenters. The van der Waals surface area contributed by atoms with Crippen molar-refractivity contribution in [2.45, 2.75) is 6.54 Å². The van der Waals surface area contributed by atoms with Crippen LogP contribution in [0.3, 0.4) is 0 Å². The van der Waals surface area contributed by atoms with E-state index in [-0.39, 0.29) is 17.3 Å². The first-order chi connectivity index (χ1) is 9.52. The zero-order chi connectivity index (χ0) is 14.7. The lowest BCUT2D eigenvalue weighted by atomic mass is 10.2. The van der Waals surface area contributed by atoms with Gasteiger partial charge in [0.25, 0.3) is 5.69 Å². The van der Waals surface area contributed by atoms with Gasteiger partial charge in [-0.3, -0.25) is 10.1 Å². The number of hydrogen-bond donors (Lipinski definition) is 1. The second-order valence-corrected chi connectivity index (χ2v) is 4.72. The topological polar surface area (TPSA) is 78.4 Å². The molecule has 0 amide bonds. The zero-order valence-corrected chi connectivity index (χ0v) is 11.7. The van der Waals surface area contributed by atoms with Gasteiger partial charge in [0, 0.05) is 24.2 Å². The Labute approximate surface area is 125 Å². The van der Waals surface area contributed by atoms with Crippen LogP contribution in [0.5, 0.6) is 11.5 Å². The number of rotatable bonds is 4. The van der Waals surface area contributed by atoms with Crippen LogP contribution in [0.2, 0.25) is 10.0 Å². The van der Waals surface area contributed by atoms with Gasteiger partial charge < -0.3 is 10.5 Å². The van der Waals surface area contributed by atoms with Gasteiger partial charge in [-0.15, -0.1) is 0 Å². The van der Waals surface area contributed by atoms with Crippen molar-refractivity contribution in [1.29, 1.82) is 0 Å². The molecule has 2 rings (SSSR count). The van der Waals surface area contributed by atoms with Gasteiger partial charge in [-0.2, -0.15) is 0 Å². The third-order valence-corrected chi connectivity index (χ3v) is 3.20. The number of para-hydroxylation sites is 1. The molecular formula is C13H10Cl2N2O3. The van der Waals surface area contributed by atoms with Crippen LogP contribution in [0.15, 0.2) is 36.4 Å². The number of halogens is 2. The van der Waals surface area contributed by atoms with Crippen LogP contribution >= 0.6 is 23.2 Å². The highest BCUT2D eigenvalue weighted by Crippen LogP contribution is 2.35. The molecule has 0 unspecified atom stereocenters. The molecule has 0 radical (unpaired) electrons. The molecule has 2 aromatic rings. The molecule has 0 saturated heterocycles. The Morgan fingerprint density at radius 3 is 2.55 bits per heavy atom. The van der Waals surface area contributed by atoms with Gasteiger partial charge in [0.15, 0.2) is 0 Å². The second kappa shape index (κ2) is 6.09. The van der Waals surface area contributed by atoms with Crippen LogP contribution in [0.1, 0.15) is 5.56 Å². The van der Waals surface area contributed by atoms with Crippen molar-refractivity contribution in [3.05, 3.63) is 62.1 Å². The predicted molar refractivity (Wildman–Crippen MR) is 77.5 cm³/mol. The normalized spacial score (nSPS) is 10.3. The van der Waals surface area contributed by atoms with Gasteiger partial charge in [-0.1, -0.05) is 35.3 Å². The lowest BCUT2D eigenvalue weighted by Crippen LogP contribution is -2.00. The molecule has 0 spiro atoms. The second-order valence-electron chi connectivity index (χ2n) is 3.90. The van der Waals surface area contributed by atoms with E-state index in [1.807, 2.05) is 0 Å². The molecule has 0 aliphatic heterocycles. The summed E-state index contributed by atoms with van der Waals surface area (Å²) in [7, 11) is 0. The molecule has 5 nitrogen and oxygen atoms in total. The number of nitrogens with zero attached hydrogens (tertiary/aromatic N) is 1. The molecule has 0 saturated carbocycles. The van der Waals surface area contributed by atoms with E-state index in [2.05, 4.69) is 0 Å². The summed E-state index contributed by atoms with van der Waals surface area (Å²) < 4.78 is 5.63. The summed E-state index contributed by atoms with van der Waals surface area (Å²) >= 11 is 11.9. The number of benzene rings is 2. The van der Waals surface area contributed by atoms with Crippen molar-refractivity contribution < 1.29 is 9.66 Å². The third-order valence-electron chi connectivity index (χ3n) is 2.60. The molecule has 0 fully saturated rings. The predicted octanol–water partition coefficient (Wildman–Crippen LogP) is 4.15. The maximum Gasteiger partial charge on any atom is 0.288 e. The van der Waals surface area contributed by atoms with E-state index >= 15 is 0 Å². The van der Waals surface area contributed by atoms with Gasteiger partial charge in [0.1, 0.15) is 16.5 Å². The number of nitro benzene ring substituents is 1. The third kappa shape index (κ3) is 3.01. The first-order valence-electron chi connectivity index (χ1n) is 5.62. The first kappa shape index (κ1) is 14.6. The van der Waals surface area contributed by atoms with Gasteiger partial charge in [0.2, 0.25) is 0 Å². The Morgan fingerprint density at radius 1 is 1.20 bits per heavy atom. The molecule has 104 valence electrons. The Balaban J connectivity index is 2.36. The van der Waals surface area contributed by atoms with Gasteiger partial charge in [-0.25, -0.2) is 0 Å². The van der Waals surface area contributed by atoms with Crippen molar-refractivity contribution in [2.24, 2.45) is 5.73 Å². The fraction of sp³-hybridized carbons (Fsp3) is 0.0769. The van der Waals surface area contributed by atoms with Crippen molar-refractivity contribution in [2.75, 3.05) is 0 Å². The highest BCUT2D eigenvalue weighted by atomic mass is 35.5. The minimum atomic E-state index is -0.563. The highest BCUT2D eigenvalue weighted by Gasteiger charge is 2.14. The summed E-state index contributed by atoms with van der Waals surface area (Å²) in [5, 5.41) is 11.1. The van der Waals surface area contributed by atoms with E-state index in [9.17, 15) is 10.1 Å². The van der Waals surface area contributed by atoms with Gasteiger partial charge >= 0.3 is 0 Å². The molecule has 0 aliphatic rings. The average molecular weight is 313 g/mol. The Bertz CT molecular complexity index is 662.